The number of anilines is 1. The van der Waals surface area contributed by atoms with Gasteiger partial charge in [-0.15, -0.1) is 10.2 Å². The lowest BCUT2D eigenvalue weighted by Crippen LogP contribution is -2.49. The Hall–Kier alpha value is -3.40. The van der Waals surface area contributed by atoms with Gasteiger partial charge in [0.25, 0.3) is 0 Å². The Bertz CT molecular complexity index is 1010. The van der Waals surface area contributed by atoms with Crippen molar-refractivity contribution in [3.8, 4) is 17.0 Å². The molecule has 37 heavy (non-hydrogen) atoms. The summed E-state index contributed by atoms with van der Waals surface area (Å²) in [6.45, 7) is 6.50. The Morgan fingerprint density at radius 3 is 2.59 bits per heavy atom. The molecule has 2 aliphatic heterocycles. The van der Waals surface area contributed by atoms with E-state index in [2.05, 4.69) is 20.4 Å². The molecule has 1 atom stereocenters. The highest BCUT2D eigenvalue weighted by Crippen LogP contribution is 2.22. The molecule has 3 amide bonds. The first kappa shape index (κ1) is 26.7. The average Bonchev–Trinajstić information content (AvgIpc) is 3.32. The van der Waals surface area contributed by atoms with Gasteiger partial charge in [0.1, 0.15) is 12.3 Å². The van der Waals surface area contributed by atoms with Crippen LogP contribution in [0.3, 0.4) is 0 Å². The Morgan fingerprint density at radius 2 is 1.92 bits per heavy atom. The minimum absolute atomic E-state index is 0.000683. The molecule has 3 heterocycles. The number of methoxy groups -OCH3 is 1. The molecular formula is C27H38N6O4. The molecule has 10 nitrogen and oxygen atoms in total. The monoisotopic (exact) mass is 510 g/mol. The van der Waals surface area contributed by atoms with E-state index in [-0.39, 0.29) is 24.6 Å². The van der Waals surface area contributed by atoms with Crippen molar-refractivity contribution < 1.29 is 19.1 Å². The number of benzene rings is 1. The van der Waals surface area contributed by atoms with E-state index in [1.165, 1.54) is 0 Å². The maximum Gasteiger partial charge on any atom is 0.317 e. The first-order chi connectivity index (χ1) is 18.1. The Kier molecular flexibility index (Phi) is 9.53. The molecule has 200 valence electrons. The van der Waals surface area contributed by atoms with Crippen LogP contribution in [0.25, 0.3) is 11.3 Å². The fourth-order valence-corrected chi connectivity index (χ4v) is 4.67. The number of amides is 3. The van der Waals surface area contributed by atoms with Gasteiger partial charge in [0, 0.05) is 51.4 Å². The molecule has 1 aromatic heterocycles. The molecule has 0 saturated carbocycles. The number of aromatic nitrogens is 2. The molecule has 0 radical (unpaired) electrons. The third kappa shape index (κ3) is 7.31. The van der Waals surface area contributed by atoms with Crippen molar-refractivity contribution in [1.82, 2.24) is 25.3 Å². The van der Waals surface area contributed by atoms with Crippen LogP contribution in [0.15, 0.2) is 36.4 Å². The van der Waals surface area contributed by atoms with Crippen molar-refractivity contribution in [2.45, 2.75) is 38.7 Å². The SMILES string of the molecule is CCCNC(=O)N(CC(=O)N1CCCN(c2ccc(-c3ccc(OC)cc3)nn2)CC1)CC1CCCO1. The third-order valence-electron chi connectivity index (χ3n) is 6.80. The maximum atomic E-state index is 13.2. The quantitative estimate of drug-likeness (QED) is 0.554. The van der Waals surface area contributed by atoms with E-state index in [9.17, 15) is 9.59 Å². The van der Waals surface area contributed by atoms with Crippen LogP contribution in [0.5, 0.6) is 5.75 Å². The molecule has 0 bridgehead atoms. The average molecular weight is 511 g/mol. The maximum absolute atomic E-state index is 13.2. The van der Waals surface area contributed by atoms with Gasteiger partial charge >= 0.3 is 6.03 Å². The predicted octanol–water partition coefficient (Wildman–Crippen LogP) is 2.79. The highest BCUT2D eigenvalue weighted by molar-refractivity contribution is 5.84. The van der Waals surface area contributed by atoms with Gasteiger partial charge in [0.05, 0.1) is 18.9 Å². The Labute approximate surface area is 218 Å². The lowest BCUT2D eigenvalue weighted by Gasteiger charge is -2.28. The number of ether oxygens (including phenoxy) is 2. The molecule has 1 unspecified atom stereocenters. The molecule has 2 aromatic rings. The molecule has 1 N–H and O–H groups in total. The standard InChI is InChI=1S/C27H38N6O4/c1-3-13-28-27(35)33(19-23-6-4-18-37-23)20-26(34)32-15-5-14-31(16-17-32)25-12-11-24(29-30-25)21-7-9-22(36-2)10-8-21/h7-12,23H,3-6,13-20H2,1-2H3,(H,28,35). The zero-order chi connectivity index (χ0) is 26.0. The van der Waals surface area contributed by atoms with E-state index in [4.69, 9.17) is 9.47 Å². The van der Waals surface area contributed by atoms with Gasteiger partial charge in [-0.25, -0.2) is 4.79 Å². The zero-order valence-corrected chi connectivity index (χ0v) is 21.9. The Balaban J connectivity index is 1.33. The van der Waals surface area contributed by atoms with E-state index < -0.39 is 0 Å². The van der Waals surface area contributed by atoms with Gasteiger partial charge in [-0.3, -0.25) is 4.79 Å². The highest BCUT2D eigenvalue weighted by atomic mass is 16.5. The summed E-state index contributed by atoms with van der Waals surface area (Å²) in [6, 6.07) is 11.5. The van der Waals surface area contributed by atoms with E-state index in [0.29, 0.717) is 32.7 Å². The van der Waals surface area contributed by atoms with Crippen LogP contribution in [0.4, 0.5) is 10.6 Å². The number of urea groups is 1. The first-order valence-electron chi connectivity index (χ1n) is 13.2. The summed E-state index contributed by atoms with van der Waals surface area (Å²) in [7, 11) is 1.64. The smallest absolute Gasteiger partial charge is 0.317 e. The van der Waals surface area contributed by atoms with Gasteiger partial charge in [-0.2, -0.15) is 0 Å². The van der Waals surface area contributed by atoms with Gasteiger partial charge < -0.3 is 29.5 Å². The number of nitrogens with zero attached hydrogens (tertiary/aromatic N) is 5. The number of carbonyl (C=O) groups excluding carboxylic acids is 2. The second-order valence-corrected chi connectivity index (χ2v) is 9.47. The second kappa shape index (κ2) is 13.2. The summed E-state index contributed by atoms with van der Waals surface area (Å²) in [5.74, 6) is 1.56. The van der Waals surface area contributed by atoms with Crippen molar-refractivity contribution in [2.75, 3.05) is 64.4 Å². The summed E-state index contributed by atoms with van der Waals surface area (Å²) in [4.78, 5) is 31.6. The van der Waals surface area contributed by atoms with Crippen LogP contribution in [-0.4, -0.2) is 97.6 Å². The van der Waals surface area contributed by atoms with Gasteiger partial charge in [0.15, 0.2) is 5.82 Å². The predicted molar refractivity (Wildman–Crippen MR) is 142 cm³/mol. The fraction of sp³-hybridized carbons (Fsp3) is 0.556. The lowest BCUT2D eigenvalue weighted by molar-refractivity contribution is -0.131. The van der Waals surface area contributed by atoms with Crippen molar-refractivity contribution in [2.24, 2.45) is 0 Å². The fourth-order valence-electron chi connectivity index (χ4n) is 4.67. The molecule has 1 aromatic carbocycles. The van der Waals surface area contributed by atoms with E-state index in [0.717, 1.165) is 61.7 Å². The topological polar surface area (TPSA) is 100 Å². The second-order valence-electron chi connectivity index (χ2n) is 9.47. The highest BCUT2D eigenvalue weighted by Gasteiger charge is 2.27. The number of hydrogen-bond donors (Lipinski definition) is 1. The molecule has 4 rings (SSSR count). The largest absolute Gasteiger partial charge is 0.497 e. The van der Waals surface area contributed by atoms with E-state index in [1.807, 2.05) is 48.2 Å². The number of carbonyl (C=O) groups is 2. The molecule has 2 saturated heterocycles. The van der Waals surface area contributed by atoms with E-state index >= 15 is 0 Å². The zero-order valence-electron chi connectivity index (χ0n) is 21.9. The van der Waals surface area contributed by atoms with Crippen molar-refractivity contribution in [3.05, 3.63) is 36.4 Å². The van der Waals surface area contributed by atoms with Crippen LogP contribution in [-0.2, 0) is 9.53 Å². The van der Waals surface area contributed by atoms with E-state index in [1.54, 1.807) is 12.0 Å². The Morgan fingerprint density at radius 1 is 1.08 bits per heavy atom. The van der Waals surface area contributed by atoms with Crippen LogP contribution >= 0.6 is 0 Å². The minimum atomic E-state index is -0.200. The van der Waals surface area contributed by atoms with Crippen LogP contribution in [0, 0.1) is 0 Å². The van der Waals surface area contributed by atoms with Gasteiger partial charge in [-0.1, -0.05) is 6.92 Å². The molecule has 2 fully saturated rings. The van der Waals surface area contributed by atoms with Crippen molar-refractivity contribution in [3.63, 3.8) is 0 Å². The van der Waals surface area contributed by atoms with Gasteiger partial charge in [0.2, 0.25) is 5.91 Å². The number of nitrogens with one attached hydrogen (secondary N) is 1. The van der Waals surface area contributed by atoms with Crippen LogP contribution < -0.4 is 15.0 Å². The molecule has 10 heteroatoms. The minimum Gasteiger partial charge on any atom is -0.497 e. The number of hydrogen-bond acceptors (Lipinski definition) is 7. The molecule has 0 aliphatic carbocycles. The van der Waals surface area contributed by atoms with Crippen LogP contribution in [0.1, 0.15) is 32.6 Å². The molecular weight excluding hydrogens is 472 g/mol. The lowest BCUT2D eigenvalue weighted by atomic mass is 10.1. The third-order valence-corrected chi connectivity index (χ3v) is 6.80. The van der Waals surface area contributed by atoms with Gasteiger partial charge in [-0.05, 0) is 62.1 Å². The summed E-state index contributed by atoms with van der Waals surface area (Å²) in [6.07, 6.45) is 3.58. The van der Waals surface area contributed by atoms with Crippen molar-refractivity contribution in [1.29, 1.82) is 0 Å². The summed E-state index contributed by atoms with van der Waals surface area (Å²) in [5.41, 5.74) is 1.77. The summed E-state index contributed by atoms with van der Waals surface area (Å²) in [5, 5.41) is 11.8. The van der Waals surface area contributed by atoms with Crippen LogP contribution in [0.2, 0.25) is 0 Å². The molecule has 0 spiro atoms. The first-order valence-corrected chi connectivity index (χ1v) is 13.2. The normalized spacial score (nSPS) is 17.8. The summed E-state index contributed by atoms with van der Waals surface area (Å²) < 4.78 is 10.9. The molecule has 2 aliphatic rings. The van der Waals surface area contributed by atoms with Crippen molar-refractivity contribution >= 4 is 17.8 Å². The number of rotatable bonds is 9. The summed E-state index contributed by atoms with van der Waals surface area (Å²) >= 11 is 0.